The smallest absolute Gasteiger partial charge is 0.368 e. The second kappa shape index (κ2) is 9.47. The molecule has 0 unspecified atom stereocenters. The first-order chi connectivity index (χ1) is 13.6. The molecule has 0 bridgehead atoms. The fraction of sp³-hybridized carbons (Fsp3) is 0.400. The molecule has 2 N–H and O–H groups in total. The summed E-state index contributed by atoms with van der Waals surface area (Å²) in [5, 5.41) is 9.13. The van der Waals surface area contributed by atoms with Gasteiger partial charge in [0, 0.05) is 18.0 Å². The summed E-state index contributed by atoms with van der Waals surface area (Å²) in [6.07, 6.45) is -1.54. The Kier molecular flexibility index (Phi) is 7.29. The van der Waals surface area contributed by atoms with Crippen molar-refractivity contribution in [1.29, 1.82) is 5.26 Å². The Bertz CT molecular complexity index is 847. The Hall–Kier alpha value is -2.99. The third kappa shape index (κ3) is 5.74. The van der Waals surface area contributed by atoms with Crippen LogP contribution in [0.1, 0.15) is 31.9 Å². The second-order valence-corrected chi connectivity index (χ2v) is 7.02. The van der Waals surface area contributed by atoms with E-state index in [9.17, 15) is 18.0 Å². The Morgan fingerprint density at radius 1 is 1.21 bits per heavy atom. The second-order valence-electron chi connectivity index (χ2n) is 7.02. The molecule has 2 aromatic rings. The van der Waals surface area contributed by atoms with Crippen molar-refractivity contribution >= 4 is 5.91 Å². The van der Waals surface area contributed by atoms with Gasteiger partial charge in [0.1, 0.15) is 6.04 Å². The first-order valence-corrected chi connectivity index (χ1v) is 9.01. The van der Waals surface area contributed by atoms with Gasteiger partial charge < -0.3 is 5.73 Å². The third-order valence-electron chi connectivity index (χ3n) is 4.37. The highest BCUT2D eigenvalue weighted by atomic mass is 19.4. The summed E-state index contributed by atoms with van der Waals surface area (Å²) in [5.41, 5.74) is 5.86. The van der Waals surface area contributed by atoms with E-state index in [1.165, 1.54) is 36.7 Å². The molecule has 2 rings (SSSR count). The molecule has 0 fully saturated rings. The first-order valence-electron chi connectivity index (χ1n) is 9.01. The number of halogens is 3. The number of benzene rings is 1. The molecule has 2 atom stereocenters. The van der Waals surface area contributed by atoms with Crippen LogP contribution < -0.4 is 5.73 Å². The van der Waals surface area contributed by atoms with Crippen LogP contribution in [-0.4, -0.2) is 39.5 Å². The van der Waals surface area contributed by atoms with Gasteiger partial charge >= 0.3 is 6.18 Å². The summed E-state index contributed by atoms with van der Waals surface area (Å²) in [5.74, 6) is -0.594. The minimum Gasteiger partial charge on any atom is -0.368 e. The standard InChI is InChI=1S/C20H22F3N5O/c1-13(2)12-16(18(25)29)28(11-8-24)17(20(21,22)23)14-4-6-15(7-5-14)19-26-9-3-10-27-19/h3-7,9-10,13,16-17H,11-12H2,1-2H3,(H2,25,29)/t16-,17-/m0/s1. The van der Waals surface area contributed by atoms with E-state index in [1.807, 2.05) is 0 Å². The molecule has 29 heavy (non-hydrogen) atoms. The lowest BCUT2D eigenvalue weighted by molar-refractivity contribution is -0.192. The quantitative estimate of drug-likeness (QED) is 0.679. The summed E-state index contributed by atoms with van der Waals surface area (Å²) in [7, 11) is 0. The van der Waals surface area contributed by atoms with Gasteiger partial charge in [-0.25, -0.2) is 9.97 Å². The van der Waals surface area contributed by atoms with E-state index in [4.69, 9.17) is 11.0 Å². The maximum Gasteiger partial charge on any atom is 0.408 e. The average molecular weight is 405 g/mol. The molecule has 9 heteroatoms. The molecule has 0 aliphatic rings. The van der Waals surface area contributed by atoms with Crippen molar-refractivity contribution in [3.05, 3.63) is 48.3 Å². The Labute approximate surface area is 167 Å². The van der Waals surface area contributed by atoms with Crippen molar-refractivity contribution in [3.8, 4) is 17.5 Å². The average Bonchev–Trinajstić information content (AvgIpc) is 2.66. The number of primary amides is 1. The van der Waals surface area contributed by atoms with Gasteiger partial charge in [0.2, 0.25) is 5.91 Å². The van der Waals surface area contributed by atoms with Gasteiger partial charge in [0.05, 0.1) is 18.7 Å². The van der Waals surface area contributed by atoms with Gasteiger partial charge in [-0.3, -0.25) is 9.69 Å². The number of amides is 1. The van der Waals surface area contributed by atoms with E-state index >= 15 is 0 Å². The minimum atomic E-state index is -4.72. The largest absolute Gasteiger partial charge is 0.408 e. The van der Waals surface area contributed by atoms with Gasteiger partial charge in [-0.2, -0.15) is 18.4 Å². The van der Waals surface area contributed by atoms with Gasteiger partial charge in [0.25, 0.3) is 0 Å². The highest BCUT2D eigenvalue weighted by Gasteiger charge is 2.47. The molecule has 0 aliphatic carbocycles. The number of hydrogen-bond donors (Lipinski definition) is 1. The molecule has 0 spiro atoms. The number of carbonyl (C=O) groups excluding carboxylic acids is 1. The zero-order valence-electron chi connectivity index (χ0n) is 16.1. The highest BCUT2D eigenvalue weighted by Crippen LogP contribution is 2.40. The van der Waals surface area contributed by atoms with Crippen LogP contribution in [0, 0.1) is 17.2 Å². The number of rotatable bonds is 8. The van der Waals surface area contributed by atoms with E-state index in [-0.39, 0.29) is 17.9 Å². The van der Waals surface area contributed by atoms with Crippen LogP contribution in [-0.2, 0) is 4.79 Å². The molecule has 1 aromatic heterocycles. The molecule has 0 aliphatic heterocycles. The maximum absolute atomic E-state index is 14.0. The Morgan fingerprint density at radius 3 is 2.24 bits per heavy atom. The Balaban J connectivity index is 2.48. The predicted molar refractivity (Wildman–Crippen MR) is 101 cm³/mol. The fourth-order valence-electron chi connectivity index (χ4n) is 3.16. The number of nitrogens with two attached hydrogens (primary N) is 1. The molecule has 154 valence electrons. The summed E-state index contributed by atoms with van der Waals surface area (Å²) in [4.78, 5) is 20.9. The molecule has 1 heterocycles. The van der Waals surface area contributed by atoms with Crippen molar-refractivity contribution in [2.45, 2.75) is 38.5 Å². The number of nitriles is 1. The van der Waals surface area contributed by atoms with Crippen molar-refractivity contribution < 1.29 is 18.0 Å². The lowest BCUT2D eigenvalue weighted by atomic mass is 9.96. The third-order valence-corrected chi connectivity index (χ3v) is 4.37. The predicted octanol–water partition coefficient (Wildman–Crippen LogP) is 3.47. The van der Waals surface area contributed by atoms with Crippen LogP contribution in [0.4, 0.5) is 13.2 Å². The highest BCUT2D eigenvalue weighted by molar-refractivity contribution is 5.80. The topological polar surface area (TPSA) is 95.9 Å². The van der Waals surface area contributed by atoms with E-state index in [0.717, 1.165) is 4.90 Å². The fourth-order valence-corrected chi connectivity index (χ4v) is 3.16. The maximum atomic E-state index is 14.0. The first kappa shape index (κ1) is 22.3. The Morgan fingerprint density at radius 2 is 1.79 bits per heavy atom. The normalized spacial score (nSPS) is 13.9. The SMILES string of the molecule is CC(C)C[C@@H](C(N)=O)N(CC#N)[C@@H](c1ccc(-c2ncccn2)cc1)C(F)(F)F. The van der Waals surface area contributed by atoms with Crippen molar-refractivity contribution in [2.75, 3.05) is 6.54 Å². The van der Waals surface area contributed by atoms with Gasteiger partial charge in [-0.1, -0.05) is 38.1 Å². The molecule has 0 radical (unpaired) electrons. The zero-order chi connectivity index (χ0) is 21.6. The molecular weight excluding hydrogens is 383 g/mol. The van der Waals surface area contributed by atoms with Crippen LogP contribution in [0.3, 0.4) is 0 Å². The summed E-state index contributed by atoms with van der Waals surface area (Å²) >= 11 is 0. The van der Waals surface area contributed by atoms with E-state index in [0.29, 0.717) is 11.4 Å². The summed E-state index contributed by atoms with van der Waals surface area (Å²) in [6, 6.07) is 5.57. The number of nitrogens with zero attached hydrogens (tertiary/aromatic N) is 4. The molecule has 0 saturated carbocycles. The van der Waals surface area contributed by atoms with Crippen LogP contribution in [0.2, 0.25) is 0 Å². The van der Waals surface area contributed by atoms with Gasteiger partial charge in [0.15, 0.2) is 5.82 Å². The van der Waals surface area contributed by atoms with Gasteiger partial charge in [-0.15, -0.1) is 0 Å². The van der Waals surface area contributed by atoms with Crippen molar-refractivity contribution in [2.24, 2.45) is 11.7 Å². The van der Waals surface area contributed by atoms with Crippen molar-refractivity contribution in [3.63, 3.8) is 0 Å². The van der Waals surface area contributed by atoms with E-state index in [2.05, 4.69) is 9.97 Å². The lowest BCUT2D eigenvalue weighted by Crippen LogP contribution is -2.51. The van der Waals surface area contributed by atoms with Crippen LogP contribution in [0.15, 0.2) is 42.7 Å². The van der Waals surface area contributed by atoms with Gasteiger partial charge in [-0.05, 0) is 24.0 Å². The lowest BCUT2D eigenvalue weighted by Gasteiger charge is -2.37. The molecule has 0 saturated heterocycles. The monoisotopic (exact) mass is 405 g/mol. The van der Waals surface area contributed by atoms with Crippen LogP contribution in [0.5, 0.6) is 0 Å². The zero-order valence-corrected chi connectivity index (χ0v) is 16.1. The number of aromatic nitrogens is 2. The summed E-state index contributed by atoms with van der Waals surface area (Å²) in [6.45, 7) is 2.96. The minimum absolute atomic E-state index is 0.0832. The van der Waals surface area contributed by atoms with Crippen LogP contribution >= 0.6 is 0 Å². The molecule has 1 aromatic carbocycles. The van der Waals surface area contributed by atoms with E-state index in [1.54, 1.807) is 26.0 Å². The number of hydrogen-bond acceptors (Lipinski definition) is 5. The number of carbonyl (C=O) groups is 1. The molecule has 1 amide bonds. The molecule has 6 nitrogen and oxygen atoms in total. The van der Waals surface area contributed by atoms with Crippen molar-refractivity contribution in [1.82, 2.24) is 14.9 Å². The van der Waals surface area contributed by atoms with Crippen LogP contribution in [0.25, 0.3) is 11.4 Å². The molecular formula is C20H22F3N5O. The summed E-state index contributed by atoms with van der Waals surface area (Å²) < 4.78 is 42.1. The number of alkyl halides is 3. The van der Waals surface area contributed by atoms with E-state index < -0.39 is 30.7 Å².